The second-order valence-corrected chi connectivity index (χ2v) is 8.19. The molecular formula is C28H24O8. The van der Waals surface area contributed by atoms with Crippen molar-refractivity contribution in [3.8, 4) is 0 Å². The van der Waals surface area contributed by atoms with Gasteiger partial charge in [-0.25, -0.2) is 14.4 Å². The molecule has 0 amide bonds. The highest BCUT2D eigenvalue weighted by Gasteiger charge is 2.52. The van der Waals surface area contributed by atoms with Gasteiger partial charge in [0.05, 0.1) is 16.7 Å². The van der Waals surface area contributed by atoms with Gasteiger partial charge in [0.15, 0.2) is 11.7 Å². The van der Waals surface area contributed by atoms with Crippen molar-refractivity contribution in [2.45, 2.75) is 23.9 Å². The van der Waals surface area contributed by atoms with Crippen LogP contribution in [0.3, 0.4) is 0 Å². The van der Waals surface area contributed by atoms with E-state index in [-0.39, 0.29) is 16.7 Å². The molecule has 3 aromatic carbocycles. The van der Waals surface area contributed by atoms with Crippen molar-refractivity contribution in [1.29, 1.82) is 0 Å². The van der Waals surface area contributed by atoms with Gasteiger partial charge in [0.2, 0.25) is 0 Å². The molecule has 36 heavy (non-hydrogen) atoms. The highest BCUT2D eigenvalue weighted by Crippen LogP contribution is 2.31. The Kier molecular flexibility index (Phi) is 7.58. The van der Waals surface area contributed by atoms with E-state index >= 15 is 0 Å². The van der Waals surface area contributed by atoms with E-state index in [1.807, 2.05) is 0 Å². The number of benzene rings is 3. The highest BCUT2D eigenvalue weighted by molar-refractivity contribution is 5.90. The number of esters is 3. The minimum Gasteiger partial charge on any atom is -0.459 e. The fourth-order valence-corrected chi connectivity index (χ4v) is 3.71. The van der Waals surface area contributed by atoms with Crippen molar-refractivity contribution in [2.75, 3.05) is 6.61 Å². The van der Waals surface area contributed by atoms with Gasteiger partial charge in [0, 0.05) is 0 Å². The lowest BCUT2D eigenvalue weighted by atomic mass is 9.82. The lowest BCUT2D eigenvalue weighted by Crippen LogP contribution is -2.62. The van der Waals surface area contributed by atoms with E-state index in [1.165, 1.54) is 36.4 Å². The van der Waals surface area contributed by atoms with Gasteiger partial charge in [-0.2, -0.15) is 0 Å². The van der Waals surface area contributed by atoms with Gasteiger partial charge < -0.3 is 24.4 Å². The molecule has 4 rings (SSSR count). The van der Waals surface area contributed by atoms with Crippen molar-refractivity contribution in [3.05, 3.63) is 120 Å². The molecule has 0 unspecified atom stereocenters. The van der Waals surface area contributed by atoms with E-state index in [0.29, 0.717) is 0 Å². The molecule has 8 heteroatoms. The molecule has 0 spiro atoms. The molecule has 1 aliphatic rings. The Morgan fingerprint density at radius 1 is 0.667 bits per heavy atom. The van der Waals surface area contributed by atoms with E-state index < -0.39 is 48.4 Å². The quantitative estimate of drug-likeness (QED) is 0.296. The van der Waals surface area contributed by atoms with Gasteiger partial charge in [-0.1, -0.05) is 54.6 Å². The van der Waals surface area contributed by atoms with Crippen molar-refractivity contribution >= 4 is 17.9 Å². The maximum absolute atomic E-state index is 12.7. The van der Waals surface area contributed by atoms with E-state index in [1.54, 1.807) is 66.7 Å². The Balaban J connectivity index is 1.56. The summed E-state index contributed by atoms with van der Waals surface area (Å²) in [5.74, 6) is -2.24. The first-order chi connectivity index (χ1) is 17.4. The summed E-state index contributed by atoms with van der Waals surface area (Å²) in [7, 11) is 0. The van der Waals surface area contributed by atoms with Gasteiger partial charge in [-0.3, -0.25) is 0 Å². The van der Waals surface area contributed by atoms with Crippen LogP contribution in [0.25, 0.3) is 0 Å². The Hall–Kier alpha value is -4.27. The molecule has 0 aliphatic heterocycles. The topological polar surface area (TPSA) is 119 Å². The average molecular weight is 488 g/mol. The molecule has 1 aliphatic carbocycles. The normalized spacial score (nSPS) is 22.9. The maximum atomic E-state index is 12.7. The van der Waals surface area contributed by atoms with E-state index in [9.17, 15) is 24.6 Å². The smallest absolute Gasteiger partial charge is 0.338 e. The zero-order valence-electron chi connectivity index (χ0n) is 19.1. The van der Waals surface area contributed by atoms with Crippen molar-refractivity contribution < 1.29 is 38.8 Å². The summed E-state index contributed by atoms with van der Waals surface area (Å²) in [6, 6.07) is 24.3. The molecule has 0 saturated carbocycles. The van der Waals surface area contributed by atoms with Crippen LogP contribution in [0.2, 0.25) is 0 Å². The van der Waals surface area contributed by atoms with Crippen LogP contribution in [-0.4, -0.2) is 58.6 Å². The number of hydrogen-bond donors (Lipinski definition) is 2. The molecule has 3 aromatic rings. The number of aliphatic hydroxyl groups is 2. The first-order valence-corrected chi connectivity index (χ1v) is 11.2. The molecule has 2 N–H and O–H groups in total. The van der Waals surface area contributed by atoms with Crippen LogP contribution in [0, 0.1) is 0 Å². The summed E-state index contributed by atoms with van der Waals surface area (Å²) in [6.07, 6.45) is -1.87. The number of hydrogen-bond acceptors (Lipinski definition) is 8. The van der Waals surface area contributed by atoms with E-state index in [4.69, 9.17) is 14.2 Å². The Morgan fingerprint density at radius 3 is 1.61 bits per heavy atom. The number of carbonyl (C=O) groups excluding carboxylic acids is 3. The predicted molar refractivity (Wildman–Crippen MR) is 128 cm³/mol. The summed E-state index contributed by atoms with van der Waals surface area (Å²) >= 11 is 0. The van der Waals surface area contributed by atoms with Gasteiger partial charge in [-0.05, 0) is 48.6 Å². The zero-order valence-corrected chi connectivity index (χ0v) is 19.1. The Labute approximate surface area is 207 Å². The monoisotopic (exact) mass is 488 g/mol. The molecule has 0 heterocycles. The number of carbonyl (C=O) groups is 3. The molecule has 4 atom stereocenters. The summed E-state index contributed by atoms with van der Waals surface area (Å²) in [5, 5.41) is 22.6. The molecule has 8 nitrogen and oxygen atoms in total. The number of aliphatic hydroxyl groups excluding tert-OH is 1. The predicted octanol–water partition coefficient (Wildman–Crippen LogP) is 2.96. The zero-order chi connectivity index (χ0) is 25.5. The molecule has 0 fully saturated rings. The molecular weight excluding hydrogens is 464 g/mol. The first-order valence-electron chi connectivity index (χ1n) is 11.2. The van der Waals surface area contributed by atoms with Crippen LogP contribution in [-0.2, 0) is 14.2 Å². The summed E-state index contributed by atoms with van der Waals surface area (Å²) in [4.78, 5) is 37.7. The third-order valence-corrected chi connectivity index (χ3v) is 5.73. The second-order valence-electron chi connectivity index (χ2n) is 8.19. The van der Waals surface area contributed by atoms with Gasteiger partial charge in [-0.15, -0.1) is 0 Å². The van der Waals surface area contributed by atoms with Crippen LogP contribution < -0.4 is 0 Å². The van der Waals surface area contributed by atoms with E-state index in [2.05, 4.69) is 0 Å². The van der Waals surface area contributed by atoms with Crippen molar-refractivity contribution in [1.82, 2.24) is 0 Å². The van der Waals surface area contributed by atoms with Crippen LogP contribution in [0.5, 0.6) is 0 Å². The Bertz CT molecular complexity index is 1230. The molecule has 0 bridgehead atoms. The van der Waals surface area contributed by atoms with Gasteiger partial charge in [0.1, 0.15) is 18.8 Å². The third kappa shape index (κ3) is 5.51. The van der Waals surface area contributed by atoms with Crippen molar-refractivity contribution in [3.63, 3.8) is 0 Å². The minimum atomic E-state index is -2.31. The number of rotatable bonds is 7. The highest BCUT2D eigenvalue weighted by atomic mass is 16.6. The van der Waals surface area contributed by atoms with Gasteiger partial charge >= 0.3 is 17.9 Å². The third-order valence-electron chi connectivity index (χ3n) is 5.73. The summed E-state index contributed by atoms with van der Waals surface area (Å²) in [5.41, 5.74) is -1.62. The molecule has 0 aromatic heterocycles. The second kappa shape index (κ2) is 11.0. The molecule has 184 valence electrons. The van der Waals surface area contributed by atoms with Crippen LogP contribution in [0.1, 0.15) is 31.1 Å². The Morgan fingerprint density at radius 2 is 1.11 bits per heavy atom. The average Bonchev–Trinajstić information content (AvgIpc) is 2.93. The van der Waals surface area contributed by atoms with Crippen molar-refractivity contribution in [2.24, 2.45) is 0 Å². The fraction of sp³-hybridized carbons (Fsp3) is 0.179. The van der Waals surface area contributed by atoms with E-state index in [0.717, 1.165) is 0 Å². The lowest BCUT2D eigenvalue weighted by Gasteiger charge is -2.42. The standard InChI is InChI=1S/C28H24O8/c29-24-22(35-26(31)20-12-6-2-7-13-20)16-17-23(36-27(32)21-14-8-3-9-15-21)28(24,33)18-34-25(30)19-10-4-1-5-11-19/h1-17,22-24,29,33H,18H2/t22-,23+,24+,28+/m0/s1. The maximum Gasteiger partial charge on any atom is 0.338 e. The lowest BCUT2D eigenvalue weighted by molar-refractivity contribution is -0.184. The SMILES string of the molecule is O=C(OC[C@]1(O)[C@H](O)[C@@H](OC(=O)c2ccccc2)C=C[C@H]1OC(=O)c1ccccc1)c1ccccc1. The summed E-state index contributed by atoms with van der Waals surface area (Å²) in [6.45, 7) is -0.738. The first kappa shape index (κ1) is 24.8. The van der Waals surface area contributed by atoms with Gasteiger partial charge in [0.25, 0.3) is 0 Å². The molecule has 0 radical (unpaired) electrons. The largest absolute Gasteiger partial charge is 0.459 e. The minimum absolute atomic E-state index is 0.224. The molecule has 0 saturated heterocycles. The summed E-state index contributed by atoms with van der Waals surface area (Å²) < 4.78 is 16.2. The van der Waals surface area contributed by atoms with Crippen LogP contribution >= 0.6 is 0 Å². The van der Waals surface area contributed by atoms with Crippen LogP contribution in [0.4, 0.5) is 0 Å². The van der Waals surface area contributed by atoms with Crippen LogP contribution in [0.15, 0.2) is 103 Å². The number of ether oxygens (including phenoxy) is 3. The fourth-order valence-electron chi connectivity index (χ4n) is 3.71.